The number of ether oxygens (including phenoxy) is 1. The molecule has 1 saturated heterocycles. The van der Waals surface area contributed by atoms with Gasteiger partial charge in [-0.2, -0.15) is 4.31 Å². The molecular formula is C29H38Cl3N3O4S. The summed E-state index contributed by atoms with van der Waals surface area (Å²) in [4.78, 5) is 14.6. The van der Waals surface area contributed by atoms with E-state index in [1.807, 2.05) is 0 Å². The number of carbonyl (C=O) groups excluding carboxylic acids is 1. The van der Waals surface area contributed by atoms with Gasteiger partial charge in [0, 0.05) is 44.4 Å². The summed E-state index contributed by atoms with van der Waals surface area (Å²) in [6.07, 6.45) is 6.49. The van der Waals surface area contributed by atoms with E-state index in [0.717, 1.165) is 32.1 Å². The van der Waals surface area contributed by atoms with Crippen LogP contribution in [0.1, 0.15) is 44.1 Å². The Labute approximate surface area is 253 Å². The second-order valence-corrected chi connectivity index (χ2v) is 14.2. The number of piperidine rings is 1. The monoisotopic (exact) mass is 629 g/mol. The Kier molecular flexibility index (Phi) is 11.0. The van der Waals surface area contributed by atoms with Gasteiger partial charge >= 0.3 is 0 Å². The van der Waals surface area contributed by atoms with Gasteiger partial charge in [-0.05, 0) is 80.5 Å². The van der Waals surface area contributed by atoms with Crippen molar-refractivity contribution in [2.45, 2.75) is 55.9 Å². The topological polar surface area (TPSA) is 79.0 Å². The Balaban J connectivity index is 1.20. The number of sulfonamides is 1. The third kappa shape index (κ3) is 8.05. The van der Waals surface area contributed by atoms with E-state index in [1.54, 1.807) is 0 Å². The first-order valence-electron chi connectivity index (χ1n) is 13.8. The number of nitrogens with zero attached hydrogens (tertiary/aromatic N) is 2. The molecule has 1 aliphatic carbocycles. The lowest BCUT2D eigenvalue weighted by atomic mass is 9.79. The van der Waals surface area contributed by atoms with Crippen LogP contribution in [0.2, 0.25) is 15.1 Å². The summed E-state index contributed by atoms with van der Waals surface area (Å²) in [5.74, 6) is 0.957. The van der Waals surface area contributed by atoms with Crippen LogP contribution >= 0.6 is 34.8 Å². The average molecular weight is 631 g/mol. The fourth-order valence-corrected chi connectivity index (χ4v) is 8.74. The molecule has 1 aliphatic heterocycles. The fraction of sp³-hybridized carbons (Fsp3) is 0.552. The van der Waals surface area contributed by atoms with E-state index in [1.165, 1.54) is 27.7 Å². The third-order valence-electron chi connectivity index (χ3n) is 7.89. The maximum atomic E-state index is 13.3. The molecule has 4 rings (SSSR count). The summed E-state index contributed by atoms with van der Waals surface area (Å²) in [5.41, 5.74) is 2.68. The SMILES string of the molecule is CN(C)c1ccccc1CC1CCC(CNC(=O)COC2CCCN(S(=O)(=O)c3c(Cl)cc(Cl)cc3Cl)C2)CC1. The van der Waals surface area contributed by atoms with Crippen molar-refractivity contribution < 1.29 is 17.9 Å². The average Bonchev–Trinajstić information content (AvgIpc) is 2.91. The summed E-state index contributed by atoms with van der Waals surface area (Å²) in [6.45, 7) is 0.999. The zero-order valence-corrected chi connectivity index (χ0v) is 26.1. The first-order valence-corrected chi connectivity index (χ1v) is 16.4. The molecule has 1 heterocycles. The van der Waals surface area contributed by atoms with E-state index in [0.29, 0.717) is 37.8 Å². The second kappa shape index (κ2) is 14.1. The molecule has 1 atom stereocenters. The molecule has 0 radical (unpaired) electrons. The summed E-state index contributed by atoms with van der Waals surface area (Å²) in [5, 5.41) is 3.24. The first-order chi connectivity index (χ1) is 19.0. The Morgan fingerprint density at radius 1 is 1.02 bits per heavy atom. The van der Waals surface area contributed by atoms with Gasteiger partial charge in [0.15, 0.2) is 0 Å². The van der Waals surface area contributed by atoms with Crippen LogP contribution < -0.4 is 10.2 Å². The van der Waals surface area contributed by atoms with Crippen molar-refractivity contribution in [1.82, 2.24) is 9.62 Å². The molecule has 2 aromatic carbocycles. The molecule has 2 fully saturated rings. The summed E-state index contributed by atoms with van der Waals surface area (Å²) < 4.78 is 33.6. The van der Waals surface area contributed by atoms with Crippen LogP contribution in [0.15, 0.2) is 41.3 Å². The number of benzene rings is 2. The van der Waals surface area contributed by atoms with E-state index in [-0.39, 0.29) is 45.1 Å². The molecule has 1 unspecified atom stereocenters. The fourth-order valence-electron chi connectivity index (χ4n) is 5.74. The van der Waals surface area contributed by atoms with Gasteiger partial charge in [-0.3, -0.25) is 4.79 Å². The Morgan fingerprint density at radius 2 is 1.68 bits per heavy atom. The number of halogens is 3. The van der Waals surface area contributed by atoms with Gasteiger partial charge in [-0.1, -0.05) is 53.0 Å². The standard InChI is InChI=1S/C29H38Cl3N3O4S/c1-34(2)27-8-4-3-6-22(27)14-20-9-11-21(12-10-20)17-33-28(36)19-39-24-7-5-13-35(18-24)40(37,38)29-25(31)15-23(30)16-26(29)32/h3-4,6,8,15-16,20-21,24H,5,7,9-14,17-19H2,1-2H3,(H,33,36). The lowest BCUT2D eigenvalue weighted by molar-refractivity contribution is -0.128. The molecule has 220 valence electrons. The van der Waals surface area contributed by atoms with Gasteiger partial charge in [0.25, 0.3) is 0 Å². The molecule has 1 amide bonds. The van der Waals surface area contributed by atoms with Gasteiger partial charge < -0.3 is 15.0 Å². The van der Waals surface area contributed by atoms with Crippen LogP contribution in [0, 0.1) is 11.8 Å². The van der Waals surface area contributed by atoms with Crippen molar-refractivity contribution in [3.8, 4) is 0 Å². The maximum absolute atomic E-state index is 13.3. The summed E-state index contributed by atoms with van der Waals surface area (Å²) in [6, 6.07) is 11.3. The lowest BCUT2D eigenvalue weighted by Gasteiger charge is -2.32. The van der Waals surface area contributed by atoms with Crippen LogP contribution in [0.25, 0.3) is 0 Å². The highest BCUT2D eigenvalue weighted by atomic mass is 35.5. The zero-order chi connectivity index (χ0) is 28.9. The highest BCUT2D eigenvalue weighted by Gasteiger charge is 2.34. The molecule has 2 aromatic rings. The van der Waals surface area contributed by atoms with Crippen LogP contribution in [0.5, 0.6) is 0 Å². The van der Waals surface area contributed by atoms with Gasteiger partial charge in [-0.25, -0.2) is 8.42 Å². The van der Waals surface area contributed by atoms with Crippen molar-refractivity contribution in [2.24, 2.45) is 11.8 Å². The molecule has 2 aliphatic rings. The predicted molar refractivity (Wildman–Crippen MR) is 162 cm³/mol. The van der Waals surface area contributed by atoms with Crippen LogP contribution in [0.4, 0.5) is 5.69 Å². The number of nitrogens with one attached hydrogen (secondary N) is 1. The van der Waals surface area contributed by atoms with Crippen molar-refractivity contribution >= 4 is 56.4 Å². The maximum Gasteiger partial charge on any atom is 0.246 e. The smallest absolute Gasteiger partial charge is 0.246 e. The lowest BCUT2D eigenvalue weighted by Crippen LogP contribution is -2.44. The molecule has 11 heteroatoms. The number of amides is 1. The predicted octanol–water partition coefficient (Wildman–Crippen LogP) is 6.05. The number of hydrogen-bond acceptors (Lipinski definition) is 5. The number of para-hydroxylation sites is 1. The van der Waals surface area contributed by atoms with E-state index in [2.05, 4.69) is 48.6 Å². The van der Waals surface area contributed by atoms with Gasteiger partial charge in [0.1, 0.15) is 11.5 Å². The van der Waals surface area contributed by atoms with E-state index >= 15 is 0 Å². The number of carbonyl (C=O) groups is 1. The largest absolute Gasteiger partial charge is 0.377 e. The van der Waals surface area contributed by atoms with Gasteiger partial charge in [0.2, 0.25) is 15.9 Å². The molecule has 7 nitrogen and oxygen atoms in total. The van der Waals surface area contributed by atoms with Gasteiger partial charge in [-0.15, -0.1) is 0 Å². The number of hydrogen-bond donors (Lipinski definition) is 1. The van der Waals surface area contributed by atoms with E-state index in [9.17, 15) is 13.2 Å². The minimum absolute atomic E-state index is 0.0210. The Bertz CT molecular complexity index is 1260. The van der Waals surface area contributed by atoms with Crippen LogP contribution in [-0.2, 0) is 26.0 Å². The molecule has 1 N–H and O–H groups in total. The summed E-state index contributed by atoms with van der Waals surface area (Å²) in [7, 11) is 0.230. The van der Waals surface area contributed by atoms with E-state index in [4.69, 9.17) is 39.5 Å². The van der Waals surface area contributed by atoms with Crippen molar-refractivity contribution in [3.05, 3.63) is 57.0 Å². The highest BCUT2D eigenvalue weighted by molar-refractivity contribution is 7.89. The minimum atomic E-state index is -3.94. The quantitative estimate of drug-likeness (QED) is 0.346. The summed E-state index contributed by atoms with van der Waals surface area (Å²) >= 11 is 18.3. The van der Waals surface area contributed by atoms with Crippen molar-refractivity contribution in [3.63, 3.8) is 0 Å². The van der Waals surface area contributed by atoms with Crippen LogP contribution in [0.3, 0.4) is 0 Å². The molecular weight excluding hydrogens is 593 g/mol. The Morgan fingerprint density at radius 3 is 2.35 bits per heavy atom. The van der Waals surface area contributed by atoms with Crippen LogP contribution in [-0.4, -0.2) is 65.1 Å². The third-order valence-corrected chi connectivity index (χ3v) is 10.9. The molecule has 1 saturated carbocycles. The normalized spacial score (nSPS) is 22.2. The molecule has 0 spiro atoms. The van der Waals surface area contributed by atoms with Crippen molar-refractivity contribution in [2.75, 3.05) is 45.2 Å². The molecule has 40 heavy (non-hydrogen) atoms. The molecule has 0 aromatic heterocycles. The number of anilines is 1. The molecule has 0 bridgehead atoms. The van der Waals surface area contributed by atoms with Crippen molar-refractivity contribution in [1.29, 1.82) is 0 Å². The second-order valence-electron chi connectivity index (χ2n) is 11.1. The highest BCUT2D eigenvalue weighted by Crippen LogP contribution is 2.36. The van der Waals surface area contributed by atoms with Gasteiger partial charge in [0.05, 0.1) is 16.1 Å². The first kappa shape index (κ1) is 31.4. The zero-order valence-electron chi connectivity index (χ0n) is 23.0. The van der Waals surface area contributed by atoms with E-state index < -0.39 is 10.0 Å². The Hall–Kier alpha value is -1.55. The number of rotatable bonds is 10. The minimum Gasteiger partial charge on any atom is -0.377 e.